The van der Waals surface area contributed by atoms with Crippen LogP contribution in [0, 0.1) is 28.6 Å². The molecule has 4 bridgehead atoms. The van der Waals surface area contributed by atoms with Crippen molar-refractivity contribution in [2.45, 2.75) is 56.4 Å². The Labute approximate surface area is 164 Å². The fourth-order valence-electron chi connectivity index (χ4n) is 5.60. The number of halogens is 1. The molecule has 1 aromatic carbocycles. The number of carbonyl (C=O) groups excluding carboxylic acids is 2. The van der Waals surface area contributed by atoms with E-state index >= 15 is 0 Å². The zero-order chi connectivity index (χ0) is 19.2. The van der Waals surface area contributed by atoms with Gasteiger partial charge in [-0.05, 0) is 81.5 Å². The van der Waals surface area contributed by atoms with E-state index < -0.39 is 11.5 Å². The molecule has 0 heterocycles. The molecule has 5 atom stereocenters. The van der Waals surface area contributed by atoms with E-state index in [1.54, 1.807) is 31.2 Å². The minimum Gasteiger partial charge on any atom is -0.452 e. The highest BCUT2D eigenvalue weighted by molar-refractivity contribution is 6.24. The van der Waals surface area contributed by atoms with Gasteiger partial charge in [-0.2, -0.15) is 5.26 Å². The molecule has 4 aliphatic rings. The van der Waals surface area contributed by atoms with Crippen LogP contribution in [0.4, 0.5) is 5.69 Å². The number of hydrogen-bond acceptors (Lipinski definition) is 4. The van der Waals surface area contributed by atoms with Gasteiger partial charge in [0, 0.05) is 10.6 Å². The number of amides is 1. The maximum Gasteiger partial charge on any atom is 0.312 e. The lowest BCUT2D eigenvalue weighted by Gasteiger charge is -2.58. The molecule has 1 aromatic rings. The number of anilines is 1. The van der Waals surface area contributed by atoms with Crippen molar-refractivity contribution in [2.75, 3.05) is 5.32 Å². The van der Waals surface area contributed by atoms with Crippen molar-refractivity contribution in [1.82, 2.24) is 0 Å². The zero-order valence-electron chi connectivity index (χ0n) is 15.3. The van der Waals surface area contributed by atoms with E-state index in [1.807, 2.05) is 6.07 Å². The highest BCUT2D eigenvalue weighted by Crippen LogP contribution is 2.64. The molecule has 0 spiro atoms. The van der Waals surface area contributed by atoms with Crippen molar-refractivity contribution in [1.29, 1.82) is 5.26 Å². The molecule has 4 fully saturated rings. The summed E-state index contributed by atoms with van der Waals surface area (Å²) >= 11 is 6.79. The van der Waals surface area contributed by atoms with Crippen LogP contribution < -0.4 is 5.32 Å². The van der Waals surface area contributed by atoms with Crippen molar-refractivity contribution in [3.8, 4) is 6.07 Å². The third-order valence-electron chi connectivity index (χ3n) is 6.36. The molecular weight excluding hydrogens is 364 g/mol. The standard InChI is InChI=1S/C21H23ClN2O3/c1-13(18(25)24-17-4-2-14(11-23)3-5-17)27-19(26)20-7-15-6-16(8-20)10-21(22,9-15)12-20/h2-5,13,15-16H,6-10,12H2,1H3,(H,24,25)/t13-,15-,16+,20?,21?/m0/s1. The van der Waals surface area contributed by atoms with Crippen LogP contribution in [0.5, 0.6) is 0 Å². The Morgan fingerprint density at radius 1 is 1.22 bits per heavy atom. The molecule has 2 unspecified atom stereocenters. The number of rotatable bonds is 4. The molecule has 142 valence electrons. The Bertz CT molecular complexity index is 800. The number of carbonyl (C=O) groups is 2. The highest BCUT2D eigenvalue weighted by atomic mass is 35.5. The highest BCUT2D eigenvalue weighted by Gasteiger charge is 2.61. The van der Waals surface area contributed by atoms with E-state index in [9.17, 15) is 9.59 Å². The van der Waals surface area contributed by atoms with Crippen LogP contribution in [0.1, 0.15) is 51.0 Å². The topological polar surface area (TPSA) is 79.2 Å². The lowest BCUT2D eigenvalue weighted by molar-refractivity contribution is -0.176. The monoisotopic (exact) mass is 386 g/mol. The van der Waals surface area contributed by atoms with Gasteiger partial charge in [-0.15, -0.1) is 11.6 Å². The second-order valence-electron chi connectivity index (χ2n) is 8.62. The van der Waals surface area contributed by atoms with Gasteiger partial charge >= 0.3 is 5.97 Å². The van der Waals surface area contributed by atoms with Crippen molar-refractivity contribution < 1.29 is 14.3 Å². The van der Waals surface area contributed by atoms with Crippen molar-refractivity contribution in [3.63, 3.8) is 0 Å². The average Bonchev–Trinajstić information content (AvgIpc) is 2.60. The number of nitriles is 1. The van der Waals surface area contributed by atoms with Gasteiger partial charge in [0.2, 0.25) is 0 Å². The molecule has 27 heavy (non-hydrogen) atoms. The Hall–Kier alpha value is -2.06. The maximum atomic E-state index is 13.0. The summed E-state index contributed by atoms with van der Waals surface area (Å²) in [4.78, 5) is 25.1. The van der Waals surface area contributed by atoms with Crippen molar-refractivity contribution in [3.05, 3.63) is 29.8 Å². The smallest absolute Gasteiger partial charge is 0.312 e. The molecule has 4 aliphatic carbocycles. The quantitative estimate of drug-likeness (QED) is 0.626. The van der Waals surface area contributed by atoms with E-state index in [-0.39, 0.29) is 16.8 Å². The number of hydrogen-bond donors (Lipinski definition) is 1. The minimum absolute atomic E-state index is 0.267. The van der Waals surface area contributed by atoms with Crippen LogP contribution in [0.2, 0.25) is 0 Å². The number of nitrogens with one attached hydrogen (secondary N) is 1. The zero-order valence-corrected chi connectivity index (χ0v) is 16.1. The predicted molar refractivity (Wildman–Crippen MR) is 101 cm³/mol. The SMILES string of the molecule is C[C@H](OC(=O)C12C[C@@H]3C[C@@H](CC(Cl)(C3)C1)C2)C(=O)Nc1ccc(C#N)cc1. The number of nitrogens with zero attached hydrogens (tertiary/aromatic N) is 1. The van der Waals surface area contributed by atoms with E-state index in [1.165, 1.54) is 0 Å². The minimum atomic E-state index is -0.882. The van der Waals surface area contributed by atoms with Crippen molar-refractivity contribution >= 4 is 29.2 Å². The van der Waals surface area contributed by atoms with Crippen LogP contribution in [0.15, 0.2) is 24.3 Å². The molecule has 1 amide bonds. The van der Waals surface area contributed by atoms with Gasteiger partial charge in [0.15, 0.2) is 6.10 Å². The van der Waals surface area contributed by atoms with Crippen LogP contribution in [-0.2, 0) is 14.3 Å². The van der Waals surface area contributed by atoms with Gasteiger partial charge in [0.1, 0.15) is 0 Å². The van der Waals surface area contributed by atoms with E-state index in [0.29, 0.717) is 29.5 Å². The summed E-state index contributed by atoms with van der Waals surface area (Å²) < 4.78 is 5.60. The fraction of sp³-hybridized carbons (Fsp3) is 0.571. The molecule has 5 nitrogen and oxygen atoms in total. The summed E-state index contributed by atoms with van der Waals surface area (Å²) in [6.45, 7) is 1.59. The van der Waals surface area contributed by atoms with Crippen LogP contribution >= 0.6 is 11.6 Å². The molecule has 6 heteroatoms. The predicted octanol–water partition coefficient (Wildman–Crippen LogP) is 4.01. The summed E-state index contributed by atoms with van der Waals surface area (Å²) in [5.41, 5.74) is 0.565. The molecule has 0 aliphatic heterocycles. The molecule has 0 radical (unpaired) electrons. The number of ether oxygens (including phenoxy) is 1. The van der Waals surface area contributed by atoms with Crippen LogP contribution in [0.3, 0.4) is 0 Å². The van der Waals surface area contributed by atoms with Gasteiger partial charge in [0.25, 0.3) is 5.91 Å². The van der Waals surface area contributed by atoms with Crippen LogP contribution in [0.25, 0.3) is 0 Å². The van der Waals surface area contributed by atoms with Gasteiger partial charge in [0.05, 0.1) is 17.0 Å². The fourth-order valence-corrected chi connectivity index (χ4v) is 6.29. The number of alkyl halides is 1. The molecular formula is C21H23ClN2O3. The summed E-state index contributed by atoms with van der Waals surface area (Å²) in [6.07, 6.45) is 4.60. The first-order valence-electron chi connectivity index (χ1n) is 9.52. The lowest BCUT2D eigenvalue weighted by atomic mass is 9.49. The normalized spacial score (nSPS) is 34.6. The van der Waals surface area contributed by atoms with Crippen LogP contribution in [-0.4, -0.2) is 22.9 Å². The molecule has 5 rings (SSSR count). The maximum absolute atomic E-state index is 13.0. The van der Waals surface area contributed by atoms with E-state index in [4.69, 9.17) is 21.6 Å². The van der Waals surface area contributed by atoms with Gasteiger partial charge in [-0.3, -0.25) is 9.59 Å². The molecule has 4 saturated carbocycles. The second-order valence-corrected chi connectivity index (χ2v) is 9.42. The van der Waals surface area contributed by atoms with Gasteiger partial charge < -0.3 is 10.1 Å². The first kappa shape index (κ1) is 18.3. The molecule has 0 saturated heterocycles. The van der Waals surface area contributed by atoms with Gasteiger partial charge in [-0.1, -0.05) is 0 Å². The average molecular weight is 387 g/mol. The third-order valence-corrected chi connectivity index (χ3v) is 6.80. The number of esters is 1. The summed E-state index contributed by atoms with van der Waals surface area (Å²) in [7, 11) is 0. The Kier molecular flexibility index (Phi) is 4.43. The lowest BCUT2D eigenvalue weighted by Crippen LogP contribution is -2.57. The Morgan fingerprint density at radius 2 is 1.85 bits per heavy atom. The second kappa shape index (κ2) is 6.53. The first-order valence-corrected chi connectivity index (χ1v) is 9.90. The third kappa shape index (κ3) is 3.43. The Morgan fingerprint density at radius 3 is 2.41 bits per heavy atom. The summed E-state index contributed by atoms with van der Waals surface area (Å²) in [6, 6.07) is 8.59. The number of benzene rings is 1. The molecule has 1 N–H and O–H groups in total. The summed E-state index contributed by atoms with van der Waals surface area (Å²) in [5, 5.41) is 11.6. The first-order chi connectivity index (χ1) is 12.8. The van der Waals surface area contributed by atoms with Crippen molar-refractivity contribution in [2.24, 2.45) is 17.3 Å². The van der Waals surface area contributed by atoms with Gasteiger partial charge in [-0.25, -0.2) is 0 Å². The Balaban J connectivity index is 1.40. The van der Waals surface area contributed by atoms with E-state index in [2.05, 4.69) is 5.32 Å². The largest absolute Gasteiger partial charge is 0.452 e. The molecule has 0 aromatic heterocycles. The summed E-state index contributed by atoms with van der Waals surface area (Å²) in [5.74, 6) is 0.348. The van der Waals surface area contributed by atoms with E-state index in [0.717, 1.165) is 32.1 Å².